The summed E-state index contributed by atoms with van der Waals surface area (Å²) in [5.74, 6) is -0.0388. The van der Waals surface area contributed by atoms with E-state index in [0.29, 0.717) is 34.4 Å². The summed E-state index contributed by atoms with van der Waals surface area (Å²) in [6.45, 7) is 9.22. The normalized spacial score (nSPS) is 13.6. The molecule has 0 aliphatic heterocycles. The van der Waals surface area contributed by atoms with Gasteiger partial charge in [-0.25, -0.2) is 19.0 Å². The first-order valence-corrected chi connectivity index (χ1v) is 12.8. The van der Waals surface area contributed by atoms with Crippen molar-refractivity contribution in [3.63, 3.8) is 0 Å². The molecule has 0 saturated heterocycles. The van der Waals surface area contributed by atoms with Gasteiger partial charge in [0.15, 0.2) is 0 Å². The van der Waals surface area contributed by atoms with Gasteiger partial charge in [0, 0.05) is 31.6 Å². The van der Waals surface area contributed by atoms with Crippen molar-refractivity contribution < 1.29 is 24.1 Å². The minimum absolute atomic E-state index is 0.0339. The predicted molar refractivity (Wildman–Crippen MR) is 147 cm³/mol. The van der Waals surface area contributed by atoms with Crippen molar-refractivity contribution in [2.75, 3.05) is 11.9 Å². The van der Waals surface area contributed by atoms with Crippen molar-refractivity contribution >= 4 is 23.9 Å². The lowest BCUT2D eigenvalue weighted by Crippen LogP contribution is -2.27. The van der Waals surface area contributed by atoms with E-state index in [4.69, 9.17) is 14.7 Å². The lowest BCUT2D eigenvalue weighted by molar-refractivity contribution is -0.157. The Kier molecular flexibility index (Phi) is 9.52. The molecular weight excluding hydrogens is 503 g/mol. The molecule has 210 valence electrons. The molecule has 0 aliphatic rings. The molecule has 2 atom stereocenters. The number of benzene rings is 1. The molecule has 11 heteroatoms. The number of aromatic nitrogens is 5. The van der Waals surface area contributed by atoms with Crippen LogP contribution in [0.2, 0.25) is 0 Å². The second-order valence-corrected chi connectivity index (χ2v) is 10.7. The molecule has 39 heavy (non-hydrogen) atoms. The summed E-state index contributed by atoms with van der Waals surface area (Å²) >= 11 is 0. The Labute approximate surface area is 228 Å². The maximum absolute atomic E-state index is 13.7. The first-order chi connectivity index (χ1) is 18.2. The summed E-state index contributed by atoms with van der Waals surface area (Å²) in [7, 11) is 3.54. The molecule has 0 amide bonds. The van der Waals surface area contributed by atoms with Crippen LogP contribution in [0.4, 0.5) is 16.3 Å². The van der Waals surface area contributed by atoms with Gasteiger partial charge in [0.2, 0.25) is 11.9 Å². The first-order valence-electron chi connectivity index (χ1n) is 12.8. The number of carbonyl (C=O) groups is 1. The highest BCUT2D eigenvalue weighted by molar-refractivity contribution is 5.75. The topological polar surface area (TPSA) is 126 Å². The number of aliphatic hydroxyl groups excluding tert-OH is 2. The van der Waals surface area contributed by atoms with Gasteiger partial charge in [0.05, 0.1) is 30.0 Å². The highest BCUT2D eigenvalue weighted by atomic mass is 19.1. The van der Waals surface area contributed by atoms with Crippen LogP contribution in [0, 0.1) is 5.82 Å². The standard InChI is InChI=1S/C28H37FN6O4/c1-17(2)24-22(13-12-20(36)14-21(37)15-23(38)39-28(3,4)5)25(18-8-10-19(29)11-9-18)33-26(32-24)34(6)27-30-16-31-35(27)7/h8-13,16-17,20-21,36-37H,14-15H2,1-7H3/b13-12+/t20-,21-/m1/s1. The van der Waals surface area contributed by atoms with Crippen molar-refractivity contribution in [3.8, 4) is 11.3 Å². The van der Waals surface area contributed by atoms with Crippen molar-refractivity contribution in [2.45, 2.75) is 71.2 Å². The van der Waals surface area contributed by atoms with E-state index in [1.807, 2.05) is 13.8 Å². The average Bonchev–Trinajstić information content (AvgIpc) is 3.26. The smallest absolute Gasteiger partial charge is 0.308 e. The van der Waals surface area contributed by atoms with Crippen LogP contribution in [0.5, 0.6) is 0 Å². The van der Waals surface area contributed by atoms with Gasteiger partial charge in [-0.05, 0) is 51.0 Å². The van der Waals surface area contributed by atoms with E-state index in [2.05, 4.69) is 10.1 Å². The summed E-state index contributed by atoms with van der Waals surface area (Å²) in [5.41, 5.74) is 1.88. The minimum atomic E-state index is -1.08. The number of esters is 1. The monoisotopic (exact) mass is 540 g/mol. The fraction of sp³-hybridized carbons (Fsp3) is 0.464. The largest absolute Gasteiger partial charge is 0.460 e. The summed E-state index contributed by atoms with van der Waals surface area (Å²) < 4.78 is 20.6. The summed E-state index contributed by atoms with van der Waals surface area (Å²) in [6.07, 6.45) is 2.24. The molecule has 0 saturated carbocycles. The molecule has 10 nitrogen and oxygen atoms in total. The minimum Gasteiger partial charge on any atom is -0.460 e. The van der Waals surface area contributed by atoms with Gasteiger partial charge in [-0.3, -0.25) is 9.69 Å². The van der Waals surface area contributed by atoms with Gasteiger partial charge in [-0.2, -0.15) is 10.1 Å². The number of aryl methyl sites for hydroxylation is 1. The average molecular weight is 541 g/mol. The molecule has 0 unspecified atom stereocenters. The Bertz CT molecular complexity index is 1300. The quantitative estimate of drug-likeness (QED) is 0.365. The Morgan fingerprint density at radius 1 is 1.18 bits per heavy atom. The molecule has 2 N–H and O–H groups in total. The van der Waals surface area contributed by atoms with Gasteiger partial charge in [-0.15, -0.1) is 0 Å². The second kappa shape index (κ2) is 12.4. The van der Waals surface area contributed by atoms with Crippen LogP contribution in [0.25, 0.3) is 17.3 Å². The number of hydrogen-bond acceptors (Lipinski definition) is 9. The zero-order valence-corrected chi connectivity index (χ0v) is 23.5. The number of rotatable bonds is 10. The summed E-state index contributed by atoms with van der Waals surface area (Å²) in [4.78, 5) is 27.6. The second-order valence-electron chi connectivity index (χ2n) is 10.7. The predicted octanol–water partition coefficient (Wildman–Crippen LogP) is 4.16. The molecule has 3 aromatic rings. The van der Waals surface area contributed by atoms with Crippen molar-refractivity contribution in [2.24, 2.45) is 7.05 Å². The molecule has 3 rings (SSSR count). The lowest BCUT2D eigenvalue weighted by atomic mass is 9.97. The number of halogens is 1. The Morgan fingerprint density at radius 2 is 1.85 bits per heavy atom. The van der Waals surface area contributed by atoms with Crippen LogP contribution in [0.1, 0.15) is 64.6 Å². The molecule has 0 radical (unpaired) electrons. The Balaban J connectivity index is 1.96. The van der Waals surface area contributed by atoms with E-state index >= 15 is 0 Å². The fourth-order valence-electron chi connectivity index (χ4n) is 3.96. The molecule has 0 spiro atoms. The highest BCUT2D eigenvalue weighted by Crippen LogP contribution is 2.32. The molecule has 1 aromatic carbocycles. The third-order valence-electron chi connectivity index (χ3n) is 5.74. The van der Waals surface area contributed by atoms with Crippen LogP contribution in [0.3, 0.4) is 0 Å². The summed E-state index contributed by atoms with van der Waals surface area (Å²) in [6, 6.07) is 5.97. The SMILES string of the molecule is CC(C)c1nc(N(C)c2ncnn2C)nc(-c2ccc(F)cc2)c1/C=C/[C@@H](O)C[C@@H](O)CC(=O)OC(C)(C)C. The van der Waals surface area contributed by atoms with Crippen LogP contribution in [-0.2, 0) is 16.6 Å². The molecule has 2 aromatic heterocycles. The Hall–Kier alpha value is -3.70. The first kappa shape index (κ1) is 29.9. The van der Waals surface area contributed by atoms with Crippen molar-refractivity contribution in [3.05, 3.63) is 53.7 Å². The van der Waals surface area contributed by atoms with E-state index in [1.165, 1.54) is 24.5 Å². The van der Waals surface area contributed by atoms with Crippen molar-refractivity contribution in [1.82, 2.24) is 24.7 Å². The van der Waals surface area contributed by atoms with E-state index in [0.717, 1.165) is 0 Å². The van der Waals surface area contributed by atoms with Crippen LogP contribution >= 0.6 is 0 Å². The molecule has 0 bridgehead atoms. The number of nitrogens with zero attached hydrogens (tertiary/aromatic N) is 6. The van der Waals surface area contributed by atoms with Gasteiger partial charge in [0.25, 0.3) is 0 Å². The Morgan fingerprint density at radius 3 is 2.41 bits per heavy atom. The van der Waals surface area contributed by atoms with Crippen LogP contribution in [0.15, 0.2) is 36.7 Å². The number of ether oxygens (including phenoxy) is 1. The van der Waals surface area contributed by atoms with E-state index in [1.54, 1.807) is 62.7 Å². The maximum Gasteiger partial charge on any atom is 0.308 e. The van der Waals surface area contributed by atoms with Gasteiger partial charge in [0.1, 0.15) is 17.7 Å². The molecule has 0 fully saturated rings. The maximum atomic E-state index is 13.7. The molecule has 0 aliphatic carbocycles. The number of hydrogen-bond donors (Lipinski definition) is 2. The van der Waals surface area contributed by atoms with E-state index in [9.17, 15) is 19.4 Å². The van der Waals surface area contributed by atoms with Gasteiger partial charge >= 0.3 is 5.97 Å². The molecular formula is C28H37FN6O4. The zero-order chi connectivity index (χ0) is 28.9. The van der Waals surface area contributed by atoms with Gasteiger partial charge < -0.3 is 14.9 Å². The third kappa shape index (κ3) is 8.14. The number of carbonyl (C=O) groups excluding carboxylic acids is 1. The lowest BCUT2D eigenvalue weighted by Gasteiger charge is -2.21. The zero-order valence-electron chi connectivity index (χ0n) is 23.5. The highest BCUT2D eigenvalue weighted by Gasteiger charge is 2.23. The van der Waals surface area contributed by atoms with Crippen LogP contribution < -0.4 is 4.90 Å². The van der Waals surface area contributed by atoms with E-state index < -0.39 is 23.8 Å². The summed E-state index contributed by atoms with van der Waals surface area (Å²) in [5, 5.41) is 25.1. The molecule has 2 heterocycles. The van der Waals surface area contributed by atoms with Crippen LogP contribution in [-0.4, -0.2) is 65.8 Å². The number of aliphatic hydroxyl groups is 2. The van der Waals surface area contributed by atoms with Gasteiger partial charge in [-0.1, -0.05) is 26.0 Å². The number of anilines is 2. The van der Waals surface area contributed by atoms with Crippen molar-refractivity contribution in [1.29, 1.82) is 0 Å². The third-order valence-corrected chi connectivity index (χ3v) is 5.74. The van der Waals surface area contributed by atoms with E-state index in [-0.39, 0.29) is 24.6 Å². The fourth-order valence-corrected chi connectivity index (χ4v) is 3.96.